The Morgan fingerprint density at radius 3 is 2.47 bits per heavy atom. The molecule has 5 rings (SSSR count). The average Bonchev–Trinajstić information content (AvgIpc) is 3.34. The largest absolute Gasteiger partial charge is 0.339 e. The maximum atomic E-state index is 13.0. The monoisotopic (exact) mass is 409 g/mol. The minimum absolute atomic E-state index is 0.154. The van der Waals surface area contributed by atoms with Crippen LogP contribution in [0.25, 0.3) is 0 Å². The molecule has 1 atom stereocenters. The molecule has 1 aromatic carbocycles. The van der Waals surface area contributed by atoms with Crippen molar-refractivity contribution in [3.8, 4) is 0 Å². The number of anilines is 1. The van der Waals surface area contributed by atoms with Crippen molar-refractivity contribution in [3.05, 3.63) is 36.2 Å². The highest BCUT2D eigenvalue weighted by Gasteiger charge is 2.52. The second-order valence-corrected chi connectivity index (χ2v) is 9.90. The molecule has 1 saturated carbocycles. The molecule has 1 N–H and O–H groups in total. The summed E-state index contributed by atoms with van der Waals surface area (Å²) >= 11 is 0. The third-order valence-electron chi connectivity index (χ3n) is 6.89. The maximum absolute atomic E-state index is 13.0. The van der Waals surface area contributed by atoms with Crippen LogP contribution in [0.15, 0.2) is 30.3 Å². The maximum Gasteiger partial charge on any atom is 0.247 e. The topological polar surface area (TPSA) is 79.2 Å². The second-order valence-electron chi connectivity index (χ2n) is 9.90. The summed E-state index contributed by atoms with van der Waals surface area (Å²) < 4.78 is 1.99. The van der Waals surface area contributed by atoms with E-state index in [2.05, 4.69) is 63.5 Å². The first kappa shape index (κ1) is 19.5. The Morgan fingerprint density at radius 1 is 1.13 bits per heavy atom. The van der Waals surface area contributed by atoms with Crippen molar-refractivity contribution in [2.24, 2.45) is 5.92 Å². The molecule has 3 aliphatic rings. The van der Waals surface area contributed by atoms with Crippen molar-refractivity contribution in [1.82, 2.24) is 30.4 Å². The molecule has 2 aliphatic heterocycles. The summed E-state index contributed by atoms with van der Waals surface area (Å²) in [5.41, 5.74) is 0.500. The summed E-state index contributed by atoms with van der Waals surface area (Å²) in [5.74, 6) is 1.74. The Kier molecular flexibility index (Phi) is 4.57. The lowest BCUT2D eigenvalue weighted by Crippen LogP contribution is -2.57. The van der Waals surface area contributed by atoms with Crippen LogP contribution < -0.4 is 10.2 Å². The molecule has 1 unspecified atom stereocenters. The SMILES string of the molecule is CC(C)(C)n1nnnc1C(C1CC1)N1CCC2(CC1)C(=O)NCN2c1ccccc1. The highest BCUT2D eigenvalue weighted by Crippen LogP contribution is 2.47. The van der Waals surface area contributed by atoms with E-state index in [-0.39, 0.29) is 17.5 Å². The van der Waals surface area contributed by atoms with Gasteiger partial charge in [0.15, 0.2) is 5.82 Å². The van der Waals surface area contributed by atoms with Crippen LogP contribution in [0, 0.1) is 5.92 Å². The molecule has 2 saturated heterocycles. The summed E-state index contributed by atoms with van der Waals surface area (Å²) in [6.07, 6.45) is 4.07. The summed E-state index contributed by atoms with van der Waals surface area (Å²) in [5, 5.41) is 15.9. The van der Waals surface area contributed by atoms with Gasteiger partial charge in [0.05, 0.1) is 18.2 Å². The number of para-hydroxylation sites is 1. The summed E-state index contributed by atoms with van der Waals surface area (Å²) in [6.45, 7) is 8.74. The lowest BCUT2D eigenvalue weighted by molar-refractivity contribution is -0.125. The van der Waals surface area contributed by atoms with Crippen LogP contribution in [0.2, 0.25) is 0 Å². The van der Waals surface area contributed by atoms with E-state index in [0.29, 0.717) is 12.6 Å². The molecule has 1 aromatic heterocycles. The standard InChI is InChI=1S/C22H31N7O/c1-21(2,3)29-19(24-25-26-29)18(16-9-10-16)27-13-11-22(12-14-27)20(30)23-15-28(22)17-7-5-4-6-8-17/h4-8,16,18H,9-15H2,1-3H3,(H,23,30). The fourth-order valence-electron chi connectivity index (χ4n) is 5.15. The smallest absolute Gasteiger partial charge is 0.247 e. The van der Waals surface area contributed by atoms with Crippen molar-refractivity contribution < 1.29 is 4.79 Å². The Hall–Kier alpha value is -2.48. The van der Waals surface area contributed by atoms with E-state index in [9.17, 15) is 4.79 Å². The average molecular weight is 410 g/mol. The minimum Gasteiger partial charge on any atom is -0.339 e. The molecular formula is C22H31N7O. The number of aromatic nitrogens is 4. The zero-order chi connectivity index (χ0) is 20.9. The number of nitrogens with one attached hydrogen (secondary N) is 1. The molecule has 1 amide bonds. The van der Waals surface area contributed by atoms with Gasteiger partial charge in [-0.2, -0.15) is 0 Å². The lowest BCUT2D eigenvalue weighted by atomic mass is 9.84. The van der Waals surface area contributed by atoms with E-state index in [1.807, 2.05) is 22.9 Å². The third kappa shape index (κ3) is 3.17. The van der Waals surface area contributed by atoms with E-state index in [0.717, 1.165) is 37.4 Å². The van der Waals surface area contributed by atoms with Gasteiger partial charge in [-0.1, -0.05) is 18.2 Å². The second kappa shape index (κ2) is 7.04. The number of tetrazole rings is 1. The van der Waals surface area contributed by atoms with Gasteiger partial charge < -0.3 is 10.2 Å². The number of hydrogen-bond acceptors (Lipinski definition) is 6. The highest BCUT2D eigenvalue weighted by atomic mass is 16.2. The van der Waals surface area contributed by atoms with Gasteiger partial charge in [-0.15, -0.1) is 5.10 Å². The molecule has 3 fully saturated rings. The van der Waals surface area contributed by atoms with Gasteiger partial charge in [-0.3, -0.25) is 9.69 Å². The van der Waals surface area contributed by atoms with Crippen LogP contribution in [0.3, 0.4) is 0 Å². The first-order valence-corrected chi connectivity index (χ1v) is 11.0. The fourth-order valence-corrected chi connectivity index (χ4v) is 5.15. The number of hydrogen-bond donors (Lipinski definition) is 1. The molecule has 0 bridgehead atoms. The highest BCUT2D eigenvalue weighted by molar-refractivity contribution is 5.93. The quantitative estimate of drug-likeness (QED) is 0.835. The van der Waals surface area contributed by atoms with E-state index in [1.165, 1.54) is 12.8 Å². The first-order valence-electron chi connectivity index (χ1n) is 11.0. The zero-order valence-corrected chi connectivity index (χ0v) is 18.1. The van der Waals surface area contributed by atoms with Gasteiger partial charge in [0.2, 0.25) is 5.91 Å². The fraction of sp³-hybridized carbons (Fsp3) is 0.636. The van der Waals surface area contributed by atoms with Gasteiger partial charge in [-0.05, 0) is 74.9 Å². The van der Waals surface area contributed by atoms with Crippen LogP contribution in [0.4, 0.5) is 5.69 Å². The molecule has 3 heterocycles. The third-order valence-corrected chi connectivity index (χ3v) is 6.89. The molecular weight excluding hydrogens is 378 g/mol. The minimum atomic E-state index is -0.456. The van der Waals surface area contributed by atoms with Crippen LogP contribution in [0.5, 0.6) is 0 Å². The predicted molar refractivity (Wildman–Crippen MR) is 114 cm³/mol. The van der Waals surface area contributed by atoms with Gasteiger partial charge in [0.25, 0.3) is 0 Å². The van der Waals surface area contributed by atoms with Crippen molar-refractivity contribution in [2.75, 3.05) is 24.7 Å². The Morgan fingerprint density at radius 2 is 1.83 bits per heavy atom. The van der Waals surface area contributed by atoms with Crippen molar-refractivity contribution in [2.45, 2.75) is 63.6 Å². The van der Waals surface area contributed by atoms with Crippen molar-refractivity contribution in [1.29, 1.82) is 0 Å². The molecule has 0 radical (unpaired) electrons. The summed E-state index contributed by atoms with van der Waals surface area (Å²) in [4.78, 5) is 17.7. The number of carbonyl (C=O) groups is 1. The van der Waals surface area contributed by atoms with E-state index in [4.69, 9.17) is 0 Å². The molecule has 30 heavy (non-hydrogen) atoms. The van der Waals surface area contributed by atoms with Gasteiger partial charge in [-0.25, -0.2) is 4.68 Å². The number of piperidine rings is 1. The molecule has 1 aliphatic carbocycles. The van der Waals surface area contributed by atoms with E-state index >= 15 is 0 Å². The summed E-state index contributed by atoms with van der Waals surface area (Å²) in [6, 6.07) is 10.5. The van der Waals surface area contributed by atoms with Crippen LogP contribution in [0.1, 0.15) is 58.3 Å². The molecule has 2 aromatic rings. The van der Waals surface area contributed by atoms with E-state index < -0.39 is 5.54 Å². The Labute approximate surface area is 177 Å². The van der Waals surface area contributed by atoms with Crippen LogP contribution in [-0.4, -0.2) is 56.3 Å². The first-order chi connectivity index (χ1) is 14.4. The van der Waals surface area contributed by atoms with Crippen LogP contribution >= 0.6 is 0 Å². The Balaban J connectivity index is 1.39. The number of rotatable bonds is 4. The Bertz CT molecular complexity index is 907. The van der Waals surface area contributed by atoms with Crippen molar-refractivity contribution >= 4 is 11.6 Å². The molecule has 160 valence electrons. The molecule has 8 nitrogen and oxygen atoms in total. The molecule has 8 heteroatoms. The van der Waals surface area contributed by atoms with Crippen LogP contribution in [-0.2, 0) is 10.3 Å². The predicted octanol–water partition coefficient (Wildman–Crippen LogP) is 2.31. The van der Waals surface area contributed by atoms with Gasteiger partial charge in [0.1, 0.15) is 5.54 Å². The van der Waals surface area contributed by atoms with Gasteiger partial charge >= 0.3 is 0 Å². The van der Waals surface area contributed by atoms with Crippen molar-refractivity contribution in [3.63, 3.8) is 0 Å². The number of amides is 1. The normalized spacial score (nSPS) is 23.0. The molecule has 1 spiro atoms. The lowest BCUT2D eigenvalue weighted by Gasteiger charge is -2.45. The number of nitrogens with zero attached hydrogens (tertiary/aromatic N) is 6. The van der Waals surface area contributed by atoms with Gasteiger partial charge in [0, 0.05) is 18.8 Å². The zero-order valence-electron chi connectivity index (χ0n) is 18.1. The summed E-state index contributed by atoms with van der Waals surface area (Å²) in [7, 11) is 0. The number of benzene rings is 1. The van der Waals surface area contributed by atoms with E-state index in [1.54, 1.807) is 0 Å². The number of carbonyl (C=O) groups excluding carboxylic acids is 1. The number of likely N-dealkylation sites (tertiary alicyclic amines) is 1.